The van der Waals surface area contributed by atoms with E-state index in [1.165, 1.54) is 6.07 Å². The Morgan fingerprint density at radius 3 is 1.84 bits per heavy atom. The number of halogens is 5. The lowest BCUT2D eigenvalue weighted by atomic mass is 10.2. The minimum absolute atomic E-state index is 0.00116. The third kappa shape index (κ3) is 8.56. The zero-order valence-corrected chi connectivity index (χ0v) is 19.3. The number of carbonyl (C=O) groups excluding carboxylic acids is 1. The summed E-state index contributed by atoms with van der Waals surface area (Å²) in [6, 6.07) is 3.19. The predicted octanol–water partition coefficient (Wildman–Crippen LogP) is 3.66. The fraction of sp³-hybridized carbons (Fsp3) is 0.381. The van der Waals surface area contributed by atoms with Crippen LogP contribution in [0.1, 0.15) is 6.42 Å². The average Bonchev–Trinajstić information content (AvgIpc) is 2.89. The maximum absolute atomic E-state index is 13.5. The number of nitro groups is 2. The maximum atomic E-state index is 13.5. The van der Waals surface area contributed by atoms with Crippen molar-refractivity contribution in [3.8, 4) is 5.75 Å². The molecule has 2 aromatic rings. The van der Waals surface area contributed by atoms with Crippen molar-refractivity contribution in [3.05, 3.63) is 67.5 Å². The van der Waals surface area contributed by atoms with Crippen molar-refractivity contribution in [2.45, 2.75) is 6.42 Å². The topological polar surface area (TPSA) is 152 Å². The summed E-state index contributed by atoms with van der Waals surface area (Å²) in [7, 11) is 0. The van der Waals surface area contributed by atoms with Gasteiger partial charge in [-0.3, -0.25) is 25.0 Å². The minimum atomic E-state index is -2.38. The van der Waals surface area contributed by atoms with Crippen molar-refractivity contribution in [1.82, 2.24) is 0 Å². The second-order valence-electron chi connectivity index (χ2n) is 7.10. The van der Waals surface area contributed by atoms with E-state index in [-0.39, 0.29) is 51.9 Å². The van der Waals surface area contributed by atoms with Gasteiger partial charge in [0.1, 0.15) is 5.69 Å². The first-order chi connectivity index (χ1) is 18.0. The fourth-order valence-electron chi connectivity index (χ4n) is 2.73. The van der Waals surface area contributed by atoms with Crippen LogP contribution in [0.25, 0.3) is 0 Å². The summed E-state index contributed by atoms with van der Waals surface area (Å²) in [5.74, 6) is -14.4. The van der Waals surface area contributed by atoms with E-state index in [2.05, 4.69) is 10.1 Å². The molecule has 0 saturated carbocycles. The van der Waals surface area contributed by atoms with Crippen molar-refractivity contribution in [2.75, 3.05) is 51.5 Å². The second-order valence-corrected chi connectivity index (χ2v) is 7.10. The summed E-state index contributed by atoms with van der Waals surface area (Å²) in [4.78, 5) is 31.9. The number of non-ortho nitro benzene ring substituents is 1. The number of ether oxygens (including phenoxy) is 4. The molecule has 2 rings (SSSR count). The first-order valence-corrected chi connectivity index (χ1v) is 10.7. The van der Waals surface area contributed by atoms with Crippen molar-refractivity contribution in [2.24, 2.45) is 0 Å². The highest BCUT2D eigenvalue weighted by atomic mass is 19.2. The molecule has 208 valence electrons. The lowest BCUT2D eigenvalue weighted by Crippen LogP contribution is -2.17. The molecule has 0 saturated heterocycles. The van der Waals surface area contributed by atoms with Crippen LogP contribution in [-0.4, -0.2) is 62.0 Å². The van der Waals surface area contributed by atoms with E-state index in [1.54, 1.807) is 0 Å². The summed E-state index contributed by atoms with van der Waals surface area (Å²) in [6.45, 7) is 0.391. The number of anilines is 1. The molecule has 2 aromatic carbocycles. The molecule has 0 unspecified atom stereocenters. The number of rotatable bonds is 16. The largest absolute Gasteiger partial charge is 0.420 e. The molecule has 1 N–H and O–H groups in total. The van der Waals surface area contributed by atoms with Gasteiger partial charge in [0, 0.05) is 12.6 Å². The molecule has 0 atom stereocenters. The summed E-state index contributed by atoms with van der Waals surface area (Å²) in [6.07, 6.45) is -0.539. The number of nitrogens with zero attached hydrogens (tertiary/aromatic N) is 2. The third-order valence-corrected chi connectivity index (χ3v) is 4.53. The van der Waals surface area contributed by atoms with Gasteiger partial charge in [0.2, 0.25) is 34.8 Å². The highest BCUT2D eigenvalue weighted by Gasteiger charge is 2.28. The molecule has 0 bridgehead atoms. The number of hydrogen-bond donors (Lipinski definition) is 1. The molecular formula is C21H20F5N3O9. The van der Waals surface area contributed by atoms with Gasteiger partial charge in [0.05, 0.1) is 62.0 Å². The Balaban J connectivity index is 1.55. The molecule has 12 nitrogen and oxygen atoms in total. The average molecular weight is 553 g/mol. The van der Waals surface area contributed by atoms with Gasteiger partial charge in [-0.05, 0) is 6.07 Å². The molecule has 0 aliphatic rings. The number of esters is 1. The Hall–Kier alpha value is -3.96. The van der Waals surface area contributed by atoms with E-state index in [4.69, 9.17) is 14.2 Å². The van der Waals surface area contributed by atoms with E-state index in [1.807, 2.05) is 0 Å². The van der Waals surface area contributed by atoms with Crippen LogP contribution in [0.5, 0.6) is 5.75 Å². The van der Waals surface area contributed by atoms with Gasteiger partial charge in [-0.2, -0.15) is 8.78 Å². The van der Waals surface area contributed by atoms with Gasteiger partial charge in [-0.1, -0.05) is 0 Å². The lowest BCUT2D eigenvalue weighted by molar-refractivity contribution is -0.393. The molecule has 17 heteroatoms. The van der Waals surface area contributed by atoms with E-state index < -0.39 is 68.4 Å². The normalized spacial score (nSPS) is 10.9. The van der Waals surface area contributed by atoms with E-state index in [0.717, 1.165) is 12.1 Å². The Labute approximate surface area is 210 Å². The summed E-state index contributed by atoms with van der Waals surface area (Å²) >= 11 is 0. The highest BCUT2D eigenvalue weighted by molar-refractivity contribution is 5.72. The van der Waals surface area contributed by atoms with Crippen LogP contribution in [0.2, 0.25) is 0 Å². The van der Waals surface area contributed by atoms with Crippen molar-refractivity contribution < 1.29 is 55.5 Å². The van der Waals surface area contributed by atoms with Crippen LogP contribution in [0.4, 0.5) is 39.0 Å². The quantitative estimate of drug-likeness (QED) is 0.0476. The Morgan fingerprint density at radius 1 is 0.763 bits per heavy atom. The SMILES string of the molecule is O=C(CCOCCOCCOCCNc1ccc([N+](=O)[O-])cc1[N+](=O)[O-])Oc1c(F)c(F)c(F)c(F)c1F. The number of nitro benzene ring substituents is 2. The second kappa shape index (κ2) is 14.7. The minimum Gasteiger partial charge on any atom is -0.420 e. The lowest BCUT2D eigenvalue weighted by Gasteiger charge is -2.09. The fourth-order valence-corrected chi connectivity index (χ4v) is 2.73. The summed E-state index contributed by atoms with van der Waals surface area (Å²) < 4.78 is 85.9. The number of benzene rings is 2. The third-order valence-electron chi connectivity index (χ3n) is 4.53. The number of carbonyl (C=O) groups is 1. The van der Waals surface area contributed by atoms with Crippen LogP contribution in [-0.2, 0) is 19.0 Å². The van der Waals surface area contributed by atoms with Crippen molar-refractivity contribution >= 4 is 23.0 Å². The molecule has 0 amide bonds. The Bertz CT molecular complexity index is 1140. The summed E-state index contributed by atoms with van der Waals surface area (Å²) in [5, 5.41) is 24.5. The number of nitrogens with one attached hydrogen (secondary N) is 1. The van der Waals surface area contributed by atoms with E-state index in [0.29, 0.717) is 0 Å². The van der Waals surface area contributed by atoms with Crippen LogP contribution in [0.3, 0.4) is 0 Å². The van der Waals surface area contributed by atoms with E-state index in [9.17, 15) is 47.0 Å². The standard InChI is InChI=1S/C21H20F5N3O9/c22-16-17(23)19(25)21(20(26)18(16)24)38-15(30)3-5-35-7-9-37-10-8-36-6-4-27-13-2-1-12(28(31)32)11-14(13)29(33)34/h1-2,11,27H,3-10H2. The van der Waals surface area contributed by atoms with Crippen LogP contribution < -0.4 is 10.1 Å². The number of hydrogen-bond acceptors (Lipinski definition) is 10. The smallest absolute Gasteiger partial charge is 0.313 e. The maximum Gasteiger partial charge on any atom is 0.313 e. The van der Waals surface area contributed by atoms with Crippen LogP contribution in [0.15, 0.2) is 18.2 Å². The molecule has 38 heavy (non-hydrogen) atoms. The predicted molar refractivity (Wildman–Crippen MR) is 117 cm³/mol. The zero-order valence-electron chi connectivity index (χ0n) is 19.3. The van der Waals surface area contributed by atoms with E-state index >= 15 is 0 Å². The van der Waals surface area contributed by atoms with Gasteiger partial charge in [-0.25, -0.2) is 13.2 Å². The highest BCUT2D eigenvalue weighted by Crippen LogP contribution is 2.30. The van der Waals surface area contributed by atoms with Crippen molar-refractivity contribution in [3.63, 3.8) is 0 Å². The van der Waals surface area contributed by atoms with Gasteiger partial charge in [0.15, 0.2) is 0 Å². The summed E-state index contributed by atoms with van der Waals surface area (Å²) in [5.41, 5.74) is -0.772. The monoisotopic (exact) mass is 553 g/mol. The van der Waals surface area contributed by atoms with Gasteiger partial charge >= 0.3 is 5.97 Å². The van der Waals surface area contributed by atoms with Gasteiger partial charge in [0.25, 0.3) is 11.4 Å². The molecule has 0 aliphatic carbocycles. The molecule has 0 heterocycles. The molecule has 0 radical (unpaired) electrons. The first kappa shape index (κ1) is 30.3. The molecule has 0 aliphatic heterocycles. The molecule has 0 spiro atoms. The zero-order chi connectivity index (χ0) is 28.2. The van der Waals surface area contributed by atoms with Crippen molar-refractivity contribution in [1.29, 1.82) is 0 Å². The van der Waals surface area contributed by atoms with Gasteiger partial charge < -0.3 is 24.3 Å². The first-order valence-electron chi connectivity index (χ1n) is 10.7. The van der Waals surface area contributed by atoms with Crippen LogP contribution in [0, 0.1) is 49.3 Å². The van der Waals surface area contributed by atoms with Crippen LogP contribution >= 0.6 is 0 Å². The molecular weight excluding hydrogens is 533 g/mol. The molecule has 0 fully saturated rings. The molecule has 0 aromatic heterocycles. The van der Waals surface area contributed by atoms with Gasteiger partial charge in [-0.15, -0.1) is 0 Å². The Morgan fingerprint density at radius 2 is 1.29 bits per heavy atom. The Kier molecular flexibility index (Phi) is 11.7.